The molecule has 160 valence electrons. The number of furan rings is 1. The standard InChI is InChI=1S/C24H36FN3O/c1-4-7-11-22(27-21-26-17-5-2)12-13-23-14-15-24(29-23)20-28(18-6-3)19-10-8-9-16-25/h4,7,11,14-15,21H,5-6,8-10,16-20H2,1-3H3,(H,26,27)/b7-4+,22-11-. The minimum absolute atomic E-state index is 0.224. The first kappa shape index (κ1) is 24.7. The zero-order valence-corrected chi connectivity index (χ0v) is 18.2. The molecule has 0 unspecified atom stereocenters. The van der Waals surface area contributed by atoms with Crippen molar-refractivity contribution in [3.05, 3.63) is 47.6 Å². The van der Waals surface area contributed by atoms with Crippen LogP contribution >= 0.6 is 0 Å². The lowest BCUT2D eigenvalue weighted by molar-refractivity contribution is 0.237. The normalized spacial score (nSPS) is 12.1. The molecule has 0 aliphatic heterocycles. The third-order valence-corrected chi connectivity index (χ3v) is 4.13. The average molecular weight is 402 g/mol. The van der Waals surface area contributed by atoms with Gasteiger partial charge in [-0.15, -0.1) is 0 Å². The number of hydrogen-bond donors (Lipinski definition) is 1. The fourth-order valence-electron chi connectivity index (χ4n) is 2.70. The van der Waals surface area contributed by atoms with Gasteiger partial charge in [0.25, 0.3) is 0 Å². The van der Waals surface area contributed by atoms with Crippen LogP contribution in [-0.4, -0.2) is 37.5 Å². The van der Waals surface area contributed by atoms with Crippen molar-refractivity contribution in [2.24, 2.45) is 4.99 Å². The Bertz CT molecular complexity index is 694. The Morgan fingerprint density at radius 3 is 2.79 bits per heavy atom. The molecule has 0 saturated heterocycles. The number of halogens is 1. The van der Waals surface area contributed by atoms with Crippen LogP contribution in [0.15, 0.2) is 45.5 Å². The lowest BCUT2D eigenvalue weighted by Crippen LogP contribution is -2.25. The van der Waals surface area contributed by atoms with Gasteiger partial charge in [-0.1, -0.05) is 26.0 Å². The third kappa shape index (κ3) is 12.0. The fraction of sp³-hybridized carbons (Fsp3) is 0.542. The molecule has 0 saturated carbocycles. The molecule has 0 aliphatic rings. The number of hydrogen-bond acceptors (Lipinski definition) is 3. The van der Waals surface area contributed by atoms with Gasteiger partial charge in [0, 0.05) is 6.54 Å². The molecule has 0 fully saturated rings. The van der Waals surface area contributed by atoms with Gasteiger partial charge in [-0.2, -0.15) is 0 Å². The first-order chi connectivity index (χ1) is 14.2. The van der Waals surface area contributed by atoms with Crippen LogP contribution in [0.4, 0.5) is 4.39 Å². The van der Waals surface area contributed by atoms with E-state index < -0.39 is 0 Å². The van der Waals surface area contributed by atoms with E-state index in [9.17, 15) is 4.39 Å². The van der Waals surface area contributed by atoms with E-state index in [1.54, 1.807) is 6.34 Å². The number of unbranched alkanes of at least 4 members (excludes halogenated alkanes) is 2. The van der Waals surface area contributed by atoms with Gasteiger partial charge in [0.2, 0.25) is 0 Å². The summed E-state index contributed by atoms with van der Waals surface area (Å²) < 4.78 is 18.2. The second kappa shape index (κ2) is 16.6. The van der Waals surface area contributed by atoms with E-state index in [2.05, 4.69) is 40.9 Å². The Labute approximate surface area is 176 Å². The maximum atomic E-state index is 12.3. The number of aliphatic imine (C=N–C) groups is 1. The first-order valence-corrected chi connectivity index (χ1v) is 10.7. The number of nitrogens with one attached hydrogen (secondary N) is 1. The van der Waals surface area contributed by atoms with Crippen molar-refractivity contribution in [1.29, 1.82) is 0 Å². The van der Waals surface area contributed by atoms with Crippen molar-refractivity contribution < 1.29 is 8.81 Å². The van der Waals surface area contributed by atoms with Crippen LogP contribution in [0, 0.1) is 11.8 Å². The Balaban J connectivity index is 2.70. The van der Waals surface area contributed by atoms with Crippen LogP contribution in [-0.2, 0) is 6.54 Å². The smallest absolute Gasteiger partial charge is 0.177 e. The Kier molecular flexibility index (Phi) is 14.2. The summed E-state index contributed by atoms with van der Waals surface area (Å²) in [5.74, 6) is 7.73. The van der Waals surface area contributed by atoms with Gasteiger partial charge >= 0.3 is 0 Å². The second-order valence-electron chi connectivity index (χ2n) is 6.83. The highest BCUT2D eigenvalue weighted by Gasteiger charge is 2.08. The molecule has 1 N–H and O–H groups in total. The van der Waals surface area contributed by atoms with Gasteiger partial charge in [-0.3, -0.25) is 14.3 Å². The molecule has 29 heavy (non-hydrogen) atoms. The highest BCUT2D eigenvalue weighted by Crippen LogP contribution is 2.12. The van der Waals surface area contributed by atoms with E-state index in [-0.39, 0.29) is 6.67 Å². The van der Waals surface area contributed by atoms with E-state index in [1.165, 1.54) is 0 Å². The molecule has 0 radical (unpaired) electrons. The molecule has 0 bridgehead atoms. The summed E-state index contributed by atoms with van der Waals surface area (Å²) >= 11 is 0. The number of allylic oxidation sites excluding steroid dienone is 4. The molecule has 0 atom stereocenters. The van der Waals surface area contributed by atoms with E-state index in [0.29, 0.717) is 12.2 Å². The van der Waals surface area contributed by atoms with Crippen LogP contribution in [0.25, 0.3) is 0 Å². The maximum Gasteiger partial charge on any atom is 0.177 e. The summed E-state index contributed by atoms with van der Waals surface area (Å²) in [6.45, 7) is 9.52. The molecule has 4 nitrogen and oxygen atoms in total. The van der Waals surface area contributed by atoms with Gasteiger partial charge in [-0.25, -0.2) is 0 Å². The van der Waals surface area contributed by atoms with E-state index in [4.69, 9.17) is 4.42 Å². The van der Waals surface area contributed by atoms with Crippen molar-refractivity contribution in [3.8, 4) is 11.8 Å². The molecule has 1 aromatic heterocycles. The minimum Gasteiger partial charge on any atom is -0.451 e. The zero-order valence-electron chi connectivity index (χ0n) is 18.2. The summed E-state index contributed by atoms with van der Waals surface area (Å²) in [5.41, 5.74) is 0.765. The molecular formula is C24H36FN3O. The quantitative estimate of drug-likeness (QED) is 0.148. The molecule has 1 rings (SSSR count). The molecule has 0 spiro atoms. The lowest BCUT2D eigenvalue weighted by atomic mass is 10.2. The van der Waals surface area contributed by atoms with Crippen LogP contribution in [0.2, 0.25) is 0 Å². The molecule has 1 heterocycles. The van der Waals surface area contributed by atoms with Crippen LogP contribution in [0.1, 0.15) is 64.4 Å². The summed E-state index contributed by atoms with van der Waals surface area (Å²) in [6.07, 6.45) is 12.2. The SMILES string of the molecule is C/C=C/C=C(/C#Cc1ccc(CN(CCC)CCCCCF)o1)N/C=N/CCC. The molecule has 0 amide bonds. The molecule has 5 heteroatoms. The second-order valence-corrected chi connectivity index (χ2v) is 6.83. The number of alkyl halides is 1. The summed E-state index contributed by atoms with van der Waals surface area (Å²) in [5, 5.41) is 3.12. The van der Waals surface area contributed by atoms with E-state index in [1.807, 2.05) is 37.3 Å². The van der Waals surface area contributed by atoms with E-state index >= 15 is 0 Å². The monoisotopic (exact) mass is 401 g/mol. The van der Waals surface area contributed by atoms with Crippen molar-refractivity contribution in [2.45, 2.75) is 59.4 Å². The van der Waals surface area contributed by atoms with Crippen LogP contribution < -0.4 is 5.32 Å². The van der Waals surface area contributed by atoms with Gasteiger partial charge in [-0.05, 0) is 82.2 Å². The van der Waals surface area contributed by atoms with Crippen molar-refractivity contribution in [2.75, 3.05) is 26.3 Å². The summed E-state index contributed by atoms with van der Waals surface area (Å²) in [6, 6.07) is 3.90. The molecule has 0 aliphatic carbocycles. The Hall–Kier alpha value is -2.32. The zero-order chi connectivity index (χ0) is 21.2. The predicted molar refractivity (Wildman–Crippen MR) is 121 cm³/mol. The van der Waals surface area contributed by atoms with Crippen molar-refractivity contribution in [3.63, 3.8) is 0 Å². The highest BCUT2D eigenvalue weighted by atomic mass is 19.1. The third-order valence-electron chi connectivity index (χ3n) is 4.13. The lowest BCUT2D eigenvalue weighted by Gasteiger charge is -2.20. The number of rotatable bonds is 14. The van der Waals surface area contributed by atoms with Crippen LogP contribution in [0.5, 0.6) is 0 Å². The maximum absolute atomic E-state index is 12.3. The van der Waals surface area contributed by atoms with Gasteiger partial charge < -0.3 is 9.73 Å². The van der Waals surface area contributed by atoms with Crippen molar-refractivity contribution in [1.82, 2.24) is 10.2 Å². The average Bonchev–Trinajstić information content (AvgIpc) is 3.17. The molecular weight excluding hydrogens is 365 g/mol. The first-order valence-electron chi connectivity index (χ1n) is 10.7. The minimum atomic E-state index is -0.224. The fourth-order valence-corrected chi connectivity index (χ4v) is 2.70. The van der Waals surface area contributed by atoms with Crippen LogP contribution in [0.3, 0.4) is 0 Å². The van der Waals surface area contributed by atoms with E-state index in [0.717, 1.165) is 63.3 Å². The summed E-state index contributed by atoms with van der Waals surface area (Å²) in [7, 11) is 0. The topological polar surface area (TPSA) is 40.8 Å². The van der Waals surface area contributed by atoms with Gasteiger partial charge in [0.15, 0.2) is 5.76 Å². The Morgan fingerprint density at radius 2 is 2.07 bits per heavy atom. The molecule has 1 aromatic rings. The highest BCUT2D eigenvalue weighted by molar-refractivity contribution is 5.60. The summed E-state index contributed by atoms with van der Waals surface area (Å²) in [4.78, 5) is 6.62. The largest absolute Gasteiger partial charge is 0.451 e. The van der Waals surface area contributed by atoms with Gasteiger partial charge in [0.05, 0.1) is 25.3 Å². The molecule has 0 aromatic carbocycles. The predicted octanol–water partition coefficient (Wildman–Crippen LogP) is 5.47. The Morgan fingerprint density at radius 1 is 1.21 bits per heavy atom. The van der Waals surface area contributed by atoms with Crippen molar-refractivity contribution >= 4 is 6.34 Å². The van der Waals surface area contributed by atoms with Gasteiger partial charge in [0.1, 0.15) is 5.76 Å². The number of nitrogens with zero attached hydrogens (tertiary/aromatic N) is 2.